The minimum Gasteiger partial charge on any atom is -0.396 e. The van der Waals surface area contributed by atoms with E-state index in [0.717, 1.165) is 25.8 Å². The lowest BCUT2D eigenvalue weighted by Crippen LogP contribution is -2.40. The zero-order valence-electron chi connectivity index (χ0n) is 9.50. The first-order chi connectivity index (χ1) is 8.24. The van der Waals surface area contributed by atoms with E-state index in [1.54, 1.807) is 0 Å². The Labute approximate surface area is 98.6 Å². The van der Waals surface area contributed by atoms with E-state index >= 15 is 0 Å². The standard InChI is InChI=1S/C10H16N4O3/c15-6-4-8-3-1-2-5-13(8)9-7-11-12-10(9)14(16)17/h7-8,15H,1-6H2,(H,11,12). The van der Waals surface area contributed by atoms with Gasteiger partial charge in [-0.05, 0) is 30.6 Å². The summed E-state index contributed by atoms with van der Waals surface area (Å²) < 4.78 is 0. The molecule has 7 heteroatoms. The zero-order valence-corrected chi connectivity index (χ0v) is 9.50. The summed E-state index contributed by atoms with van der Waals surface area (Å²) in [5.41, 5.74) is 0.535. The monoisotopic (exact) mass is 240 g/mol. The van der Waals surface area contributed by atoms with Gasteiger partial charge in [-0.2, -0.15) is 0 Å². The fourth-order valence-corrected chi connectivity index (χ4v) is 2.38. The molecule has 17 heavy (non-hydrogen) atoms. The number of H-pyrrole nitrogens is 1. The van der Waals surface area contributed by atoms with Crippen molar-refractivity contribution >= 4 is 11.5 Å². The number of piperidine rings is 1. The number of nitro groups is 1. The number of hydrogen-bond acceptors (Lipinski definition) is 5. The van der Waals surface area contributed by atoms with Crippen LogP contribution in [-0.4, -0.2) is 39.4 Å². The first kappa shape index (κ1) is 11.8. The number of aromatic nitrogens is 2. The van der Waals surface area contributed by atoms with Crippen molar-refractivity contribution < 1.29 is 10.0 Å². The second-order valence-electron chi connectivity index (χ2n) is 4.22. The molecule has 0 bridgehead atoms. The van der Waals surface area contributed by atoms with Gasteiger partial charge in [-0.1, -0.05) is 5.10 Å². The first-order valence-corrected chi connectivity index (χ1v) is 5.79. The van der Waals surface area contributed by atoms with E-state index in [1.807, 2.05) is 4.90 Å². The molecular formula is C10H16N4O3. The summed E-state index contributed by atoms with van der Waals surface area (Å²) >= 11 is 0. The summed E-state index contributed by atoms with van der Waals surface area (Å²) in [5.74, 6) is -0.0603. The number of rotatable bonds is 4. The predicted molar refractivity (Wildman–Crippen MR) is 61.9 cm³/mol. The van der Waals surface area contributed by atoms with Crippen LogP contribution in [0.2, 0.25) is 0 Å². The van der Waals surface area contributed by atoms with Gasteiger partial charge in [0.05, 0.1) is 0 Å². The summed E-state index contributed by atoms with van der Waals surface area (Å²) in [5, 5.41) is 26.0. The van der Waals surface area contributed by atoms with E-state index in [0.29, 0.717) is 12.1 Å². The van der Waals surface area contributed by atoms with Crippen LogP contribution in [0.3, 0.4) is 0 Å². The van der Waals surface area contributed by atoms with E-state index in [-0.39, 0.29) is 18.5 Å². The van der Waals surface area contributed by atoms with Crippen LogP contribution < -0.4 is 4.90 Å². The molecular weight excluding hydrogens is 224 g/mol. The lowest BCUT2D eigenvalue weighted by Gasteiger charge is -2.35. The van der Waals surface area contributed by atoms with Crippen LogP contribution >= 0.6 is 0 Å². The van der Waals surface area contributed by atoms with Gasteiger partial charge in [0.25, 0.3) is 0 Å². The van der Waals surface area contributed by atoms with Gasteiger partial charge >= 0.3 is 5.82 Å². The third kappa shape index (κ3) is 2.38. The highest BCUT2D eigenvalue weighted by Crippen LogP contribution is 2.31. The number of anilines is 1. The number of aromatic amines is 1. The van der Waals surface area contributed by atoms with Crippen LogP contribution in [0.4, 0.5) is 11.5 Å². The topological polar surface area (TPSA) is 95.3 Å². The molecule has 1 unspecified atom stereocenters. The van der Waals surface area contributed by atoms with Crippen molar-refractivity contribution in [1.82, 2.24) is 10.2 Å². The molecule has 0 aliphatic carbocycles. The van der Waals surface area contributed by atoms with Crippen molar-refractivity contribution in [2.45, 2.75) is 31.7 Å². The maximum Gasteiger partial charge on any atom is 0.366 e. The molecule has 1 aromatic heterocycles. The molecule has 1 fully saturated rings. The predicted octanol–water partition coefficient (Wildman–Crippen LogP) is 1.06. The number of aliphatic hydroxyl groups excluding tert-OH is 1. The largest absolute Gasteiger partial charge is 0.396 e. The highest BCUT2D eigenvalue weighted by molar-refractivity contribution is 5.58. The van der Waals surface area contributed by atoms with Gasteiger partial charge in [-0.25, -0.2) is 0 Å². The van der Waals surface area contributed by atoms with Crippen molar-refractivity contribution in [3.05, 3.63) is 16.3 Å². The lowest BCUT2D eigenvalue weighted by atomic mass is 9.99. The molecule has 0 amide bonds. The summed E-state index contributed by atoms with van der Waals surface area (Å²) in [4.78, 5) is 12.4. The zero-order chi connectivity index (χ0) is 12.3. The van der Waals surface area contributed by atoms with E-state index in [1.165, 1.54) is 6.20 Å². The molecule has 1 aromatic rings. The third-order valence-corrected chi connectivity index (χ3v) is 3.18. The van der Waals surface area contributed by atoms with Crippen LogP contribution in [0.1, 0.15) is 25.7 Å². The molecule has 1 atom stereocenters. The number of nitrogens with zero attached hydrogens (tertiary/aromatic N) is 3. The Morgan fingerprint density at radius 2 is 2.47 bits per heavy atom. The fourth-order valence-electron chi connectivity index (χ4n) is 2.38. The third-order valence-electron chi connectivity index (χ3n) is 3.18. The molecule has 0 aromatic carbocycles. The first-order valence-electron chi connectivity index (χ1n) is 5.79. The van der Waals surface area contributed by atoms with Gasteiger partial charge in [-0.15, -0.1) is 5.10 Å². The lowest BCUT2D eigenvalue weighted by molar-refractivity contribution is -0.388. The van der Waals surface area contributed by atoms with Crippen LogP contribution in [0, 0.1) is 10.1 Å². The van der Waals surface area contributed by atoms with Crippen molar-refractivity contribution in [1.29, 1.82) is 0 Å². The van der Waals surface area contributed by atoms with Crippen LogP contribution in [0.15, 0.2) is 6.20 Å². The molecule has 2 N–H and O–H groups in total. The van der Waals surface area contributed by atoms with Crippen LogP contribution in [0.5, 0.6) is 0 Å². The Kier molecular flexibility index (Phi) is 3.58. The molecule has 2 heterocycles. The maximum atomic E-state index is 10.8. The number of nitrogens with one attached hydrogen (secondary N) is 1. The molecule has 7 nitrogen and oxygen atoms in total. The highest BCUT2D eigenvalue weighted by atomic mass is 16.6. The Morgan fingerprint density at radius 1 is 1.65 bits per heavy atom. The Bertz CT molecular complexity index is 391. The number of hydrogen-bond donors (Lipinski definition) is 2. The van der Waals surface area contributed by atoms with Crippen LogP contribution in [0.25, 0.3) is 0 Å². The SMILES string of the molecule is O=[N+]([O-])c1[nH]ncc1N1CCCCC1CCO. The van der Waals surface area contributed by atoms with Gasteiger partial charge in [0, 0.05) is 19.2 Å². The summed E-state index contributed by atoms with van der Waals surface area (Å²) in [6.45, 7) is 0.887. The molecule has 1 aliphatic heterocycles. The van der Waals surface area contributed by atoms with Gasteiger partial charge < -0.3 is 20.1 Å². The van der Waals surface area contributed by atoms with E-state index in [2.05, 4.69) is 10.2 Å². The summed E-state index contributed by atoms with van der Waals surface area (Å²) in [6, 6.07) is 0.171. The number of aliphatic hydroxyl groups is 1. The van der Waals surface area contributed by atoms with Crippen molar-refractivity contribution in [2.24, 2.45) is 0 Å². The molecule has 0 radical (unpaired) electrons. The molecule has 0 spiro atoms. The van der Waals surface area contributed by atoms with Crippen molar-refractivity contribution in [3.63, 3.8) is 0 Å². The normalized spacial score (nSPS) is 20.5. The van der Waals surface area contributed by atoms with E-state index < -0.39 is 4.92 Å². The maximum absolute atomic E-state index is 10.8. The minimum absolute atomic E-state index is 0.0603. The van der Waals surface area contributed by atoms with Crippen LogP contribution in [-0.2, 0) is 0 Å². The Hall–Kier alpha value is -1.63. The van der Waals surface area contributed by atoms with E-state index in [4.69, 9.17) is 5.11 Å². The fraction of sp³-hybridized carbons (Fsp3) is 0.700. The molecule has 94 valence electrons. The smallest absolute Gasteiger partial charge is 0.366 e. The highest BCUT2D eigenvalue weighted by Gasteiger charge is 2.28. The van der Waals surface area contributed by atoms with E-state index in [9.17, 15) is 10.1 Å². The summed E-state index contributed by atoms with van der Waals surface area (Å²) in [6.07, 6.45) is 5.22. The second-order valence-corrected chi connectivity index (χ2v) is 4.22. The average Bonchev–Trinajstić information content (AvgIpc) is 2.79. The quantitative estimate of drug-likeness (QED) is 0.606. The molecule has 0 saturated carbocycles. The van der Waals surface area contributed by atoms with Crippen molar-refractivity contribution in [3.8, 4) is 0 Å². The average molecular weight is 240 g/mol. The summed E-state index contributed by atoms with van der Waals surface area (Å²) in [7, 11) is 0. The Morgan fingerprint density at radius 3 is 3.18 bits per heavy atom. The van der Waals surface area contributed by atoms with Gasteiger partial charge in [0.1, 0.15) is 6.20 Å². The Balaban J connectivity index is 2.23. The van der Waals surface area contributed by atoms with Gasteiger partial charge in [-0.3, -0.25) is 0 Å². The molecule has 1 saturated heterocycles. The molecule has 1 aliphatic rings. The van der Waals surface area contributed by atoms with Gasteiger partial charge in [0.15, 0.2) is 5.69 Å². The minimum atomic E-state index is -0.451. The molecule has 2 rings (SSSR count). The van der Waals surface area contributed by atoms with Crippen molar-refractivity contribution in [2.75, 3.05) is 18.1 Å². The van der Waals surface area contributed by atoms with Gasteiger partial charge in [0.2, 0.25) is 0 Å². The second kappa shape index (κ2) is 5.13.